The van der Waals surface area contributed by atoms with Gasteiger partial charge in [0.1, 0.15) is 5.52 Å². The summed E-state index contributed by atoms with van der Waals surface area (Å²) in [5.74, 6) is 0. The van der Waals surface area contributed by atoms with E-state index in [4.69, 9.17) is 6.57 Å². The minimum Gasteiger partial charge on any atom is -0.236 e. The van der Waals surface area contributed by atoms with Crippen LogP contribution in [-0.4, -0.2) is 8.75 Å². The number of nitrogens with zero attached hydrogens (tertiary/aromatic N) is 3. The second kappa shape index (κ2) is 3.28. The number of hydrogen-bond acceptors (Lipinski definition) is 3. The van der Waals surface area contributed by atoms with Gasteiger partial charge in [-0.15, -0.1) is 0 Å². The van der Waals surface area contributed by atoms with Crippen molar-refractivity contribution in [2.24, 2.45) is 0 Å². The molecule has 0 aliphatic rings. The average molecular weight is 217 g/mol. The van der Waals surface area contributed by atoms with E-state index in [0.717, 1.165) is 16.6 Å². The topological polar surface area (TPSA) is 30.1 Å². The molecule has 0 bridgehead atoms. The molecule has 1 aromatic heterocycles. The predicted octanol–water partition coefficient (Wildman–Crippen LogP) is 3.54. The fourth-order valence-corrected chi connectivity index (χ4v) is 2.12. The normalized spacial score (nSPS) is 11.6. The zero-order valence-corrected chi connectivity index (χ0v) is 9.72. The predicted molar refractivity (Wildman–Crippen MR) is 62.4 cm³/mol. The molecule has 0 spiro atoms. The molecule has 15 heavy (non-hydrogen) atoms. The number of fused-ring (bicyclic) bond motifs is 1. The first-order valence-electron chi connectivity index (χ1n) is 4.67. The SMILES string of the molecule is [C-]#[N+]c1ccc(C(C)(C)C)c2nsnc12. The van der Waals surface area contributed by atoms with Crippen molar-refractivity contribution in [1.29, 1.82) is 0 Å². The molecule has 4 heteroatoms. The van der Waals surface area contributed by atoms with Crippen LogP contribution in [0.25, 0.3) is 15.9 Å². The molecule has 0 atom stereocenters. The lowest BCUT2D eigenvalue weighted by molar-refractivity contribution is 0.595. The summed E-state index contributed by atoms with van der Waals surface area (Å²) < 4.78 is 8.46. The Balaban J connectivity index is 2.82. The van der Waals surface area contributed by atoms with Crippen LogP contribution < -0.4 is 0 Å². The average Bonchev–Trinajstić information content (AvgIpc) is 2.62. The van der Waals surface area contributed by atoms with Crippen molar-refractivity contribution >= 4 is 28.4 Å². The van der Waals surface area contributed by atoms with Crippen molar-refractivity contribution in [2.45, 2.75) is 26.2 Å². The van der Waals surface area contributed by atoms with Crippen LogP contribution in [0.15, 0.2) is 12.1 Å². The van der Waals surface area contributed by atoms with Crippen molar-refractivity contribution < 1.29 is 0 Å². The fourth-order valence-electron chi connectivity index (χ4n) is 1.55. The summed E-state index contributed by atoms with van der Waals surface area (Å²) in [6, 6.07) is 3.81. The summed E-state index contributed by atoms with van der Waals surface area (Å²) in [4.78, 5) is 3.45. The number of rotatable bonds is 0. The van der Waals surface area contributed by atoms with Gasteiger partial charge in [0, 0.05) is 0 Å². The van der Waals surface area contributed by atoms with Gasteiger partial charge in [-0.3, -0.25) is 0 Å². The van der Waals surface area contributed by atoms with Gasteiger partial charge in [0.25, 0.3) is 0 Å². The minimum atomic E-state index is 0.0363. The van der Waals surface area contributed by atoms with Crippen LogP contribution in [-0.2, 0) is 5.41 Å². The Hall–Kier alpha value is -1.47. The highest BCUT2D eigenvalue weighted by atomic mass is 32.1. The maximum atomic E-state index is 7.05. The first-order valence-corrected chi connectivity index (χ1v) is 5.40. The van der Waals surface area contributed by atoms with Crippen molar-refractivity contribution in [2.75, 3.05) is 0 Å². The first kappa shape index (κ1) is 10.1. The van der Waals surface area contributed by atoms with Gasteiger partial charge in [-0.05, 0) is 11.0 Å². The summed E-state index contributed by atoms with van der Waals surface area (Å²) in [5.41, 5.74) is 3.39. The molecular formula is C11H11N3S. The Morgan fingerprint density at radius 2 is 1.87 bits per heavy atom. The Bertz CT molecular complexity index is 543. The Kier molecular flexibility index (Phi) is 2.20. The van der Waals surface area contributed by atoms with E-state index >= 15 is 0 Å². The van der Waals surface area contributed by atoms with Crippen molar-refractivity contribution in [1.82, 2.24) is 8.75 Å². The zero-order chi connectivity index (χ0) is 11.1. The molecule has 3 nitrogen and oxygen atoms in total. The molecule has 2 aromatic rings. The summed E-state index contributed by atoms with van der Waals surface area (Å²) in [7, 11) is 0. The summed E-state index contributed by atoms with van der Waals surface area (Å²) in [6.45, 7) is 13.5. The Morgan fingerprint density at radius 1 is 1.20 bits per heavy atom. The molecule has 1 heterocycles. The maximum Gasteiger partial charge on any atom is 0.215 e. The molecule has 0 unspecified atom stereocenters. The zero-order valence-electron chi connectivity index (χ0n) is 8.90. The first-order chi connectivity index (χ1) is 7.04. The number of aromatic nitrogens is 2. The number of hydrogen-bond donors (Lipinski definition) is 0. The molecule has 0 aliphatic heterocycles. The summed E-state index contributed by atoms with van der Waals surface area (Å²) >= 11 is 1.17. The van der Waals surface area contributed by atoms with Gasteiger partial charge >= 0.3 is 0 Å². The summed E-state index contributed by atoms with van der Waals surface area (Å²) in [5, 5.41) is 0. The molecule has 0 amide bonds. The van der Waals surface area contributed by atoms with E-state index in [1.54, 1.807) is 0 Å². The van der Waals surface area contributed by atoms with Gasteiger partial charge in [-0.2, -0.15) is 8.75 Å². The largest absolute Gasteiger partial charge is 0.236 e. The van der Waals surface area contributed by atoms with Crippen LogP contribution in [0.2, 0.25) is 0 Å². The van der Waals surface area contributed by atoms with Crippen molar-refractivity contribution in [3.05, 3.63) is 29.1 Å². The lowest BCUT2D eigenvalue weighted by Gasteiger charge is -2.19. The van der Waals surface area contributed by atoms with E-state index in [-0.39, 0.29) is 5.41 Å². The molecule has 0 aliphatic carbocycles. The third-order valence-corrected chi connectivity index (χ3v) is 2.85. The maximum absolute atomic E-state index is 7.05. The van der Waals surface area contributed by atoms with Gasteiger partial charge in [0.2, 0.25) is 5.69 Å². The Morgan fingerprint density at radius 3 is 2.47 bits per heavy atom. The molecule has 76 valence electrons. The third kappa shape index (κ3) is 1.59. The van der Waals surface area contributed by atoms with E-state index in [1.165, 1.54) is 11.7 Å². The Labute approximate surface area is 92.9 Å². The van der Waals surface area contributed by atoms with Crippen molar-refractivity contribution in [3.63, 3.8) is 0 Å². The van der Waals surface area contributed by atoms with Crippen LogP contribution >= 0.6 is 11.7 Å². The highest BCUT2D eigenvalue weighted by Gasteiger charge is 2.20. The smallest absolute Gasteiger partial charge is 0.215 e. The third-order valence-electron chi connectivity index (χ3n) is 2.32. The van der Waals surface area contributed by atoms with E-state index in [0.29, 0.717) is 5.69 Å². The molecule has 0 radical (unpaired) electrons. The van der Waals surface area contributed by atoms with Gasteiger partial charge in [-0.25, -0.2) is 4.85 Å². The van der Waals surface area contributed by atoms with Gasteiger partial charge < -0.3 is 0 Å². The molecule has 2 rings (SSSR count). The van der Waals surface area contributed by atoms with Crippen molar-refractivity contribution in [3.8, 4) is 0 Å². The van der Waals surface area contributed by atoms with E-state index in [2.05, 4.69) is 34.4 Å². The molecule has 0 saturated heterocycles. The van der Waals surface area contributed by atoms with Crippen LogP contribution in [0, 0.1) is 6.57 Å². The summed E-state index contributed by atoms with van der Waals surface area (Å²) in [6.07, 6.45) is 0. The molecule has 0 fully saturated rings. The quantitative estimate of drug-likeness (QED) is 0.632. The number of benzene rings is 1. The van der Waals surface area contributed by atoms with Gasteiger partial charge in [-0.1, -0.05) is 32.9 Å². The van der Waals surface area contributed by atoms with Crippen LogP contribution in [0.3, 0.4) is 0 Å². The van der Waals surface area contributed by atoms with E-state index < -0.39 is 0 Å². The second-order valence-electron chi connectivity index (χ2n) is 4.46. The lowest BCUT2D eigenvalue weighted by Crippen LogP contribution is -2.11. The minimum absolute atomic E-state index is 0.0363. The molecule has 0 saturated carbocycles. The van der Waals surface area contributed by atoms with E-state index in [9.17, 15) is 0 Å². The van der Waals surface area contributed by atoms with Gasteiger partial charge in [0.05, 0.1) is 23.8 Å². The van der Waals surface area contributed by atoms with Crippen LogP contribution in [0.5, 0.6) is 0 Å². The lowest BCUT2D eigenvalue weighted by atomic mass is 9.86. The van der Waals surface area contributed by atoms with Gasteiger partial charge in [0.15, 0.2) is 0 Å². The fraction of sp³-hybridized carbons (Fsp3) is 0.364. The highest BCUT2D eigenvalue weighted by Crippen LogP contribution is 2.33. The molecular weight excluding hydrogens is 206 g/mol. The molecule has 0 N–H and O–H groups in total. The highest BCUT2D eigenvalue weighted by molar-refractivity contribution is 7.00. The monoisotopic (exact) mass is 217 g/mol. The molecule has 1 aromatic carbocycles. The second-order valence-corrected chi connectivity index (χ2v) is 4.98. The van der Waals surface area contributed by atoms with Crippen LogP contribution in [0.1, 0.15) is 26.3 Å². The van der Waals surface area contributed by atoms with Crippen LogP contribution in [0.4, 0.5) is 5.69 Å². The van der Waals surface area contributed by atoms with E-state index in [1.807, 2.05) is 12.1 Å². The standard InChI is InChI=1S/C11H11N3S/c1-11(2,3)7-5-6-8(12-4)10-9(7)13-15-14-10/h5-6H,1-3H3.